The highest BCUT2D eigenvalue weighted by molar-refractivity contribution is 5.85. The van der Waals surface area contributed by atoms with E-state index in [1.165, 1.54) is 14.0 Å². The van der Waals surface area contributed by atoms with Gasteiger partial charge in [-0.2, -0.15) is 0 Å². The molecule has 34 heavy (non-hydrogen) atoms. The van der Waals surface area contributed by atoms with Crippen molar-refractivity contribution < 1.29 is 33.8 Å². The number of aliphatic carboxylic acids is 1. The Labute approximate surface area is 198 Å². The molecule has 2 atom stereocenters. The summed E-state index contributed by atoms with van der Waals surface area (Å²) in [7, 11) is 1.49. The Hall–Kier alpha value is -3.43. The second kappa shape index (κ2) is 10.7. The van der Waals surface area contributed by atoms with E-state index in [4.69, 9.17) is 19.4 Å². The molecule has 2 amide bonds. The van der Waals surface area contributed by atoms with Crippen molar-refractivity contribution >= 4 is 18.0 Å². The fourth-order valence-electron chi connectivity index (χ4n) is 3.83. The van der Waals surface area contributed by atoms with Crippen LogP contribution in [0.15, 0.2) is 48.5 Å². The van der Waals surface area contributed by atoms with Crippen molar-refractivity contribution in [3.05, 3.63) is 59.7 Å². The molecule has 1 aliphatic carbocycles. The molecular formula is C25H30N2O7. The maximum absolute atomic E-state index is 12.7. The first-order valence-electron chi connectivity index (χ1n) is 11.0. The Morgan fingerprint density at radius 2 is 1.59 bits per heavy atom. The highest BCUT2D eigenvalue weighted by atomic mass is 16.7. The third-order valence-corrected chi connectivity index (χ3v) is 5.88. The Balaban J connectivity index is 1.67. The average Bonchev–Trinajstić information content (AvgIpc) is 3.14. The fourth-order valence-corrected chi connectivity index (χ4v) is 3.83. The molecule has 0 fully saturated rings. The number of rotatable bonds is 10. The third-order valence-electron chi connectivity index (χ3n) is 5.88. The van der Waals surface area contributed by atoms with Gasteiger partial charge in [-0.05, 0) is 43.0 Å². The zero-order valence-electron chi connectivity index (χ0n) is 19.7. The molecule has 182 valence electrons. The molecule has 0 radical (unpaired) electrons. The van der Waals surface area contributed by atoms with E-state index in [2.05, 4.69) is 10.8 Å². The van der Waals surface area contributed by atoms with Gasteiger partial charge in [-0.15, -0.1) is 0 Å². The SMILES string of the molecule is COC(C)(C)CC(NC(=O)OCC1c2ccccc2-c2ccccc21)C(=O)NOC(C)C(=O)O. The topological polar surface area (TPSA) is 123 Å². The summed E-state index contributed by atoms with van der Waals surface area (Å²) in [5.41, 5.74) is 5.70. The number of nitrogens with one attached hydrogen (secondary N) is 2. The van der Waals surface area contributed by atoms with Crippen LogP contribution in [0.5, 0.6) is 0 Å². The largest absolute Gasteiger partial charge is 0.479 e. The number of ether oxygens (including phenoxy) is 2. The number of carboxylic acid groups (broad SMARTS) is 1. The van der Waals surface area contributed by atoms with E-state index in [1.807, 2.05) is 48.5 Å². The van der Waals surface area contributed by atoms with Gasteiger partial charge in [0.15, 0.2) is 6.10 Å². The Kier molecular flexibility index (Phi) is 7.90. The molecule has 0 aromatic heterocycles. The van der Waals surface area contributed by atoms with Crippen molar-refractivity contribution in [1.82, 2.24) is 10.8 Å². The normalized spacial score (nSPS) is 14.5. The van der Waals surface area contributed by atoms with Gasteiger partial charge >= 0.3 is 12.1 Å². The van der Waals surface area contributed by atoms with Crippen molar-refractivity contribution in [3.8, 4) is 11.1 Å². The summed E-state index contributed by atoms with van der Waals surface area (Å²) in [5, 5.41) is 11.5. The van der Waals surface area contributed by atoms with Crippen LogP contribution in [0.25, 0.3) is 11.1 Å². The lowest BCUT2D eigenvalue weighted by Gasteiger charge is -2.28. The van der Waals surface area contributed by atoms with Crippen LogP contribution in [-0.2, 0) is 23.9 Å². The van der Waals surface area contributed by atoms with Crippen LogP contribution in [0.4, 0.5) is 4.79 Å². The van der Waals surface area contributed by atoms with Crippen LogP contribution in [0, 0.1) is 0 Å². The zero-order valence-corrected chi connectivity index (χ0v) is 19.7. The minimum atomic E-state index is -1.26. The van der Waals surface area contributed by atoms with Crippen molar-refractivity contribution in [3.63, 3.8) is 0 Å². The highest BCUT2D eigenvalue weighted by Crippen LogP contribution is 2.44. The van der Waals surface area contributed by atoms with Crippen molar-refractivity contribution in [2.75, 3.05) is 13.7 Å². The number of alkyl carbamates (subject to hydrolysis) is 1. The van der Waals surface area contributed by atoms with Crippen LogP contribution in [0.3, 0.4) is 0 Å². The van der Waals surface area contributed by atoms with E-state index in [1.54, 1.807) is 13.8 Å². The zero-order chi connectivity index (χ0) is 24.9. The second-order valence-corrected chi connectivity index (χ2v) is 8.76. The third kappa shape index (κ3) is 5.92. The predicted octanol–water partition coefficient (Wildman–Crippen LogP) is 3.23. The highest BCUT2D eigenvalue weighted by Gasteiger charge is 2.32. The summed E-state index contributed by atoms with van der Waals surface area (Å²) in [5.74, 6) is -2.08. The molecule has 0 saturated carbocycles. The van der Waals surface area contributed by atoms with Crippen LogP contribution >= 0.6 is 0 Å². The van der Waals surface area contributed by atoms with Crippen LogP contribution in [-0.4, -0.2) is 54.5 Å². The predicted molar refractivity (Wildman–Crippen MR) is 124 cm³/mol. The number of hydrogen-bond donors (Lipinski definition) is 3. The number of amides is 2. The van der Waals surface area contributed by atoms with Gasteiger partial charge < -0.3 is 19.9 Å². The molecule has 1 aliphatic rings. The smallest absolute Gasteiger partial charge is 0.407 e. The maximum atomic E-state index is 12.7. The summed E-state index contributed by atoms with van der Waals surface area (Å²) >= 11 is 0. The monoisotopic (exact) mass is 470 g/mol. The summed E-state index contributed by atoms with van der Waals surface area (Å²) in [6, 6.07) is 14.9. The van der Waals surface area contributed by atoms with Crippen molar-refractivity contribution in [1.29, 1.82) is 0 Å². The Bertz CT molecular complexity index is 1010. The number of fused-ring (bicyclic) bond motifs is 3. The van der Waals surface area contributed by atoms with E-state index >= 15 is 0 Å². The van der Waals surface area contributed by atoms with Gasteiger partial charge in [-0.1, -0.05) is 48.5 Å². The number of carboxylic acids is 1. The van der Waals surface area contributed by atoms with E-state index in [0.29, 0.717) is 0 Å². The molecule has 0 spiro atoms. The van der Waals surface area contributed by atoms with Crippen molar-refractivity contribution in [2.24, 2.45) is 0 Å². The molecular weight excluding hydrogens is 440 g/mol. The number of benzene rings is 2. The Morgan fingerprint density at radius 3 is 2.12 bits per heavy atom. The number of carbonyl (C=O) groups is 3. The molecule has 9 nitrogen and oxygen atoms in total. The van der Waals surface area contributed by atoms with Gasteiger partial charge in [0.2, 0.25) is 0 Å². The molecule has 3 N–H and O–H groups in total. The van der Waals surface area contributed by atoms with E-state index in [9.17, 15) is 14.4 Å². The van der Waals surface area contributed by atoms with Gasteiger partial charge in [0.05, 0.1) is 5.60 Å². The first kappa shape index (κ1) is 25.2. The van der Waals surface area contributed by atoms with E-state index in [-0.39, 0.29) is 18.9 Å². The van der Waals surface area contributed by atoms with Crippen molar-refractivity contribution in [2.45, 2.75) is 50.9 Å². The van der Waals surface area contributed by atoms with Crippen LogP contribution in [0.1, 0.15) is 44.2 Å². The lowest BCUT2D eigenvalue weighted by Crippen LogP contribution is -2.51. The van der Waals surface area contributed by atoms with Gasteiger partial charge in [0.1, 0.15) is 12.6 Å². The quantitative estimate of drug-likeness (QED) is 0.456. The molecule has 3 rings (SSSR count). The molecule has 2 unspecified atom stereocenters. The molecule has 0 heterocycles. The first-order chi connectivity index (χ1) is 16.1. The van der Waals surface area contributed by atoms with Crippen LogP contribution in [0.2, 0.25) is 0 Å². The molecule has 0 saturated heterocycles. The fraction of sp³-hybridized carbons (Fsp3) is 0.400. The summed E-state index contributed by atoms with van der Waals surface area (Å²) in [6.45, 7) is 4.88. The summed E-state index contributed by atoms with van der Waals surface area (Å²) in [6.07, 6.45) is -1.93. The maximum Gasteiger partial charge on any atom is 0.407 e. The number of carbonyl (C=O) groups excluding carboxylic acids is 2. The molecule has 2 aromatic carbocycles. The molecule has 0 bridgehead atoms. The average molecular weight is 471 g/mol. The summed E-state index contributed by atoms with van der Waals surface area (Å²) < 4.78 is 10.9. The minimum absolute atomic E-state index is 0.0917. The Morgan fingerprint density at radius 1 is 1.03 bits per heavy atom. The molecule has 9 heteroatoms. The summed E-state index contributed by atoms with van der Waals surface area (Å²) in [4.78, 5) is 41.1. The van der Waals surface area contributed by atoms with Crippen LogP contribution < -0.4 is 10.8 Å². The molecule has 2 aromatic rings. The standard InChI is InChI=1S/C25H30N2O7/c1-15(23(29)30)34-27-22(28)21(13-25(2,3)32-4)26-24(31)33-14-20-18-11-7-5-9-16(18)17-10-6-8-12-19(17)20/h5-12,15,20-21H,13-14H2,1-4H3,(H,26,31)(H,27,28)(H,29,30). The lowest BCUT2D eigenvalue weighted by atomic mass is 9.98. The second-order valence-electron chi connectivity index (χ2n) is 8.76. The van der Waals surface area contributed by atoms with Gasteiger partial charge in [0.25, 0.3) is 5.91 Å². The molecule has 0 aliphatic heterocycles. The first-order valence-corrected chi connectivity index (χ1v) is 11.0. The van der Waals surface area contributed by atoms with Gasteiger partial charge in [-0.3, -0.25) is 9.63 Å². The van der Waals surface area contributed by atoms with Gasteiger partial charge in [-0.25, -0.2) is 15.1 Å². The number of methoxy groups -OCH3 is 1. The number of hydroxylamine groups is 1. The van der Waals surface area contributed by atoms with E-state index in [0.717, 1.165) is 22.3 Å². The lowest BCUT2D eigenvalue weighted by molar-refractivity contribution is -0.160. The number of hydrogen-bond acceptors (Lipinski definition) is 6. The minimum Gasteiger partial charge on any atom is -0.479 e. The van der Waals surface area contributed by atoms with E-state index < -0.39 is 35.7 Å². The van der Waals surface area contributed by atoms with Gasteiger partial charge in [0, 0.05) is 19.4 Å².